The maximum absolute atomic E-state index is 10.4. The van der Waals surface area contributed by atoms with Gasteiger partial charge >= 0.3 is 6.09 Å². The quantitative estimate of drug-likeness (QED) is 0.898. The summed E-state index contributed by atoms with van der Waals surface area (Å²) in [5.74, 6) is 0.706. The molecule has 6 heteroatoms. The van der Waals surface area contributed by atoms with Crippen LogP contribution in [0.25, 0.3) is 0 Å². The average molecular weight is 321 g/mol. The van der Waals surface area contributed by atoms with Crippen molar-refractivity contribution >= 4 is 33.6 Å². The summed E-state index contributed by atoms with van der Waals surface area (Å²) in [6.07, 6.45) is 0.462. The fourth-order valence-electron chi connectivity index (χ4n) is 1.70. The second-order valence-corrected chi connectivity index (χ2v) is 5.20. The van der Waals surface area contributed by atoms with Gasteiger partial charge in [-0.05, 0) is 34.1 Å². The van der Waals surface area contributed by atoms with Gasteiger partial charge in [-0.1, -0.05) is 11.6 Å². The van der Waals surface area contributed by atoms with Gasteiger partial charge in [0.1, 0.15) is 11.9 Å². The van der Waals surface area contributed by atoms with Crippen molar-refractivity contribution < 1.29 is 14.6 Å². The Balaban J connectivity index is 1.83. The Morgan fingerprint density at radius 1 is 1.53 bits per heavy atom. The van der Waals surface area contributed by atoms with Gasteiger partial charge in [0.2, 0.25) is 0 Å². The van der Waals surface area contributed by atoms with Crippen LogP contribution in [-0.4, -0.2) is 23.3 Å². The van der Waals surface area contributed by atoms with Crippen LogP contribution < -0.4 is 10.1 Å². The van der Waals surface area contributed by atoms with E-state index >= 15 is 0 Å². The van der Waals surface area contributed by atoms with E-state index in [-0.39, 0.29) is 12.1 Å². The van der Waals surface area contributed by atoms with Crippen molar-refractivity contribution in [2.45, 2.75) is 25.0 Å². The number of hydrogen-bond acceptors (Lipinski definition) is 2. The number of hydrogen-bond donors (Lipinski definition) is 2. The van der Waals surface area contributed by atoms with E-state index in [1.54, 1.807) is 6.07 Å². The molecule has 2 rings (SSSR count). The molecule has 0 aromatic heterocycles. The lowest BCUT2D eigenvalue weighted by molar-refractivity contribution is 0.0834. The second kappa shape index (κ2) is 5.14. The van der Waals surface area contributed by atoms with Crippen LogP contribution in [-0.2, 0) is 0 Å². The third kappa shape index (κ3) is 3.26. The van der Waals surface area contributed by atoms with Crippen molar-refractivity contribution in [1.82, 2.24) is 5.32 Å². The highest BCUT2D eigenvalue weighted by Crippen LogP contribution is 2.30. The highest BCUT2D eigenvalue weighted by atomic mass is 79.9. The molecule has 4 nitrogen and oxygen atoms in total. The van der Waals surface area contributed by atoms with Crippen molar-refractivity contribution in [1.29, 1.82) is 0 Å². The van der Waals surface area contributed by atoms with E-state index in [1.807, 2.05) is 12.1 Å². The summed E-state index contributed by atoms with van der Waals surface area (Å²) in [7, 11) is 0. The fourth-order valence-corrected chi connectivity index (χ4v) is 2.11. The minimum Gasteiger partial charge on any atom is -0.490 e. The summed E-state index contributed by atoms with van der Waals surface area (Å²) in [5, 5.41) is 11.5. The number of halogens is 2. The van der Waals surface area contributed by atoms with Crippen LogP contribution in [0.1, 0.15) is 12.8 Å². The molecule has 1 amide bonds. The van der Waals surface area contributed by atoms with Crippen molar-refractivity contribution in [2.75, 3.05) is 0 Å². The number of rotatable bonds is 3. The zero-order chi connectivity index (χ0) is 12.4. The van der Waals surface area contributed by atoms with E-state index in [4.69, 9.17) is 21.4 Å². The average Bonchev–Trinajstić information content (AvgIpc) is 2.19. The second-order valence-electron chi connectivity index (χ2n) is 3.93. The van der Waals surface area contributed by atoms with Crippen LogP contribution in [0.5, 0.6) is 5.75 Å². The first-order valence-corrected chi connectivity index (χ1v) is 6.33. The molecule has 0 spiro atoms. The van der Waals surface area contributed by atoms with Crippen molar-refractivity contribution in [3.8, 4) is 5.75 Å². The summed E-state index contributed by atoms with van der Waals surface area (Å²) in [6.45, 7) is 0. The Morgan fingerprint density at radius 3 is 2.82 bits per heavy atom. The zero-order valence-electron chi connectivity index (χ0n) is 8.82. The van der Waals surface area contributed by atoms with Crippen LogP contribution >= 0.6 is 27.5 Å². The molecule has 1 aromatic rings. The normalized spacial score (nSPS) is 22.7. The van der Waals surface area contributed by atoms with Gasteiger partial charge in [0.15, 0.2) is 0 Å². The van der Waals surface area contributed by atoms with Crippen molar-refractivity contribution in [3.63, 3.8) is 0 Å². The van der Waals surface area contributed by atoms with E-state index in [2.05, 4.69) is 21.2 Å². The van der Waals surface area contributed by atoms with Crippen molar-refractivity contribution in [2.24, 2.45) is 0 Å². The summed E-state index contributed by atoms with van der Waals surface area (Å²) in [6, 6.07) is 5.39. The highest BCUT2D eigenvalue weighted by molar-refractivity contribution is 9.10. The standard InChI is InChI=1S/C11H11BrClNO3/c12-9-2-1-7(5-10(9)13)17-8-3-6(4-8)14-11(15)16/h1-2,5-6,8,14H,3-4H2,(H,15,16). The van der Waals surface area contributed by atoms with Gasteiger partial charge in [0.05, 0.1) is 5.02 Å². The lowest BCUT2D eigenvalue weighted by Crippen LogP contribution is -2.48. The third-order valence-corrected chi connectivity index (χ3v) is 3.85. The molecular weight excluding hydrogens is 309 g/mol. The smallest absolute Gasteiger partial charge is 0.404 e. The molecule has 0 heterocycles. The predicted octanol–water partition coefficient (Wildman–Crippen LogP) is 3.28. The van der Waals surface area contributed by atoms with E-state index in [0.29, 0.717) is 23.6 Å². The topological polar surface area (TPSA) is 58.6 Å². The van der Waals surface area contributed by atoms with Gasteiger partial charge in [0, 0.05) is 23.4 Å². The SMILES string of the molecule is O=C(O)NC1CC(Oc2ccc(Br)c(Cl)c2)C1. The summed E-state index contributed by atoms with van der Waals surface area (Å²) >= 11 is 9.24. The van der Waals surface area contributed by atoms with Gasteiger partial charge in [-0.25, -0.2) is 4.79 Å². The van der Waals surface area contributed by atoms with Crippen molar-refractivity contribution in [3.05, 3.63) is 27.7 Å². The molecule has 0 saturated heterocycles. The third-order valence-electron chi connectivity index (χ3n) is 2.62. The first-order valence-electron chi connectivity index (χ1n) is 5.16. The Bertz CT molecular complexity index is 435. The molecule has 92 valence electrons. The molecule has 0 aliphatic heterocycles. The molecule has 0 bridgehead atoms. The van der Waals surface area contributed by atoms with Gasteiger partial charge in [-0.2, -0.15) is 0 Å². The molecule has 1 aliphatic carbocycles. The molecule has 1 aliphatic rings. The van der Waals surface area contributed by atoms with Gasteiger partial charge in [-0.3, -0.25) is 0 Å². The number of benzene rings is 1. The fraction of sp³-hybridized carbons (Fsp3) is 0.364. The number of carboxylic acid groups (broad SMARTS) is 1. The Hall–Kier alpha value is -0.940. The van der Waals surface area contributed by atoms with E-state index in [1.165, 1.54) is 0 Å². The number of ether oxygens (including phenoxy) is 1. The number of amides is 1. The molecule has 1 saturated carbocycles. The summed E-state index contributed by atoms with van der Waals surface area (Å²) in [5.41, 5.74) is 0. The van der Waals surface area contributed by atoms with Gasteiger partial charge in [0.25, 0.3) is 0 Å². The van der Waals surface area contributed by atoms with E-state index in [0.717, 1.165) is 4.47 Å². The molecule has 1 fully saturated rings. The lowest BCUT2D eigenvalue weighted by Gasteiger charge is -2.35. The molecule has 17 heavy (non-hydrogen) atoms. The van der Waals surface area contributed by atoms with Crippen LogP contribution in [0.4, 0.5) is 4.79 Å². The molecule has 1 aromatic carbocycles. The predicted molar refractivity (Wildman–Crippen MR) is 67.8 cm³/mol. The maximum atomic E-state index is 10.4. The van der Waals surface area contributed by atoms with E-state index < -0.39 is 6.09 Å². The minimum atomic E-state index is -0.986. The van der Waals surface area contributed by atoms with E-state index in [9.17, 15) is 4.79 Å². The molecular formula is C11H11BrClNO3. The monoisotopic (exact) mass is 319 g/mol. The molecule has 2 N–H and O–H groups in total. The number of nitrogens with one attached hydrogen (secondary N) is 1. The Labute approximate surface area is 112 Å². The summed E-state index contributed by atoms with van der Waals surface area (Å²) in [4.78, 5) is 10.4. The van der Waals surface area contributed by atoms with Crippen LogP contribution in [0.15, 0.2) is 22.7 Å². The zero-order valence-corrected chi connectivity index (χ0v) is 11.2. The van der Waals surface area contributed by atoms with Gasteiger partial charge < -0.3 is 15.2 Å². The minimum absolute atomic E-state index is 0.00317. The van der Waals surface area contributed by atoms with Crippen LogP contribution in [0, 0.1) is 0 Å². The largest absolute Gasteiger partial charge is 0.490 e. The molecule has 0 radical (unpaired) electrons. The maximum Gasteiger partial charge on any atom is 0.404 e. The number of carbonyl (C=O) groups is 1. The summed E-state index contributed by atoms with van der Waals surface area (Å²) < 4.78 is 6.48. The van der Waals surface area contributed by atoms with Crippen LogP contribution in [0.2, 0.25) is 5.02 Å². The first-order chi connectivity index (χ1) is 8.04. The Kier molecular flexibility index (Phi) is 3.79. The first kappa shape index (κ1) is 12.5. The highest BCUT2D eigenvalue weighted by Gasteiger charge is 2.31. The Morgan fingerprint density at radius 2 is 2.24 bits per heavy atom. The molecule has 0 atom stereocenters. The van der Waals surface area contributed by atoms with Crippen LogP contribution in [0.3, 0.4) is 0 Å². The molecule has 0 unspecified atom stereocenters. The lowest BCUT2D eigenvalue weighted by atomic mass is 9.89. The van der Waals surface area contributed by atoms with Gasteiger partial charge in [-0.15, -0.1) is 0 Å².